The van der Waals surface area contributed by atoms with E-state index in [1.165, 1.54) is 0 Å². The summed E-state index contributed by atoms with van der Waals surface area (Å²) in [5.41, 5.74) is 0.789. The summed E-state index contributed by atoms with van der Waals surface area (Å²) < 4.78 is 0.985. The Bertz CT molecular complexity index is 440. The van der Waals surface area contributed by atoms with E-state index < -0.39 is 0 Å². The molecule has 0 saturated carbocycles. The third kappa shape index (κ3) is 3.16. The maximum atomic E-state index is 11.9. The number of para-hydroxylation sites is 1. The zero-order valence-electron chi connectivity index (χ0n) is 9.00. The topological polar surface area (TPSA) is 70.2 Å². The second-order valence-corrected chi connectivity index (χ2v) is 4.87. The number of carbonyl (C=O) groups is 2. The van der Waals surface area contributed by atoms with Crippen molar-refractivity contribution in [2.75, 3.05) is 18.4 Å². The molecule has 0 bridgehead atoms. The van der Waals surface area contributed by atoms with E-state index in [0.717, 1.165) is 9.26 Å². The summed E-state index contributed by atoms with van der Waals surface area (Å²) in [6, 6.07) is 7.18. The van der Waals surface area contributed by atoms with Crippen molar-refractivity contribution in [3.8, 4) is 0 Å². The quantitative estimate of drug-likeness (QED) is 0.676. The van der Waals surface area contributed by atoms with Crippen molar-refractivity contribution in [3.63, 3.8) is 0 Å². The van der Waals surface area contributed by atoms with Crippen LogP contribution in [0.2, 0.25) is 0 Å². The summed E-state index contributed by atoms with van der Waals surface area (Å²) in [6.07, 6.45) is 0. The lowest BCUT2D eigenvalue weighted by molar-refractivity contribution is -0.124. The molecule has 1 atom stereocenters. The van der Waals surface area contributed by atoms with Gasteiger partial charge in [-0.1, -0.05) is 12.1 Å². The predicted octanol–water partition coefficient (Wildman–Crippen LogP) is 0.318. The van der Waals surface area contributed by atoms with Crippen LogP contribution >= 0.6 is 22.6 Å². The third-order valence-electron chi connectivity index (χ3n) is 2.46. The number of anilines is 1. The minimum Gasteiger partial charge on any atom is -0.353 e. The number of carbonyl (C=O) groups excluding carboxylic acids is 2. The van der Waals surface area contributed by atoms with Gasteiger partial charge < -0.3 is 10.6 Å². The lowest BCUT2D eigenvalue weighted by Gasteiger charge is -2.23. The van der Waals surface area contributed by atoms with Crippen LogP contribution < -0.4 is 16.0 Å². The Morgan fingerprint density at radius 3 is 2.82 bits per heavy atom. The maximum Gasteiger partial charge on any atom is 0.243 e. The van der Waals surface area contributed by atoms with Gasteiger partial charge in [-0.05, 0) is 34.7 Å². The molecule has 3 N–H and O–H groups in total. The highest BCUT2D eigenvalue weighted by Gasteiger charge is 2.23. The van der Waals surface area contributed by atoms with E-state index in [9.17, 15) is 9.59 Å². The minimum atomic E-state index is -0.372. The van der Waals surface area contributed by atoms with Gasteiger partial charge in [-0.2, -0.15) is 0 Å². The van der Waals surface area contributed by atoms with E-state index in [0.29, 0.717) is 6.54 Å². The van der Waals surface area contributed by atoms with Gasteiger partial charge in [0, 0.05) is 10.1 Å². The molecule has 2 amide bonds. The van der Waals surface area contributed by atoms with Crippen molar-refractivity contribution in [1.29, 1.82) is 0 Å². The fourth-order valence-corrected chi connectivity index (χ4v) is 2.06. The normalized spacial score (nSPS) is 19.6. The summed E-state index contributed by atoms with van der Waals surface area (Å²) in [5, 5.41) is 8.37. The number of rotatable bonds is 2. The number of nitrogens with one attached hydrogen (secondary N) is 3. The number of hydrogen-bond acceptors (Lipinski definition) is 3. The maximum absolute atomic E-state index is 11.9. The Labute approximate surface area is 112 Å². The highest BCUT2D eigenvalue weighted by atomic mass is 127. The molecule has 1 aliphatic heterocycles. The largest absolute Gasteiger partial charge is 0.353 e. The van der Waals surface area contributed by atoms with Crippen LogP contribution in [0.4, 0.5) is 5.69 Å². The van der Waals surface area contributed by atoms with Gasteiger partial charge in [0.05, 0.1) is 12.2 Å². The van der Waals surface area contributed by atoms with E-state index in [1.807, 2.05) is 24.3 Å². The monoisotopic (exact) mass is 345 g/mol. The molecule has 17 heavy (non-hydrogen) atoms. The molecule has 5 nitrogen and oxygen atoms in total. The average Bonchev–Trinajstić information content (AvgIpc) is 2.33. The second-order valence-electron chi connectivity index (χ2n) is 3.71. The third-order valence-corrected chi connectivity index (χ3v) is 3.40. The summed E-state index contributed by atoms with van der Waals surface area (Å²) in [7, 11) is 0. The van der Waals surface area contributed by atoms with Gasteiger partial charge in [0.2, 0.25) is 11.8 Å². The molecule has 0 aliphatic carbocycles. The van der Waals surface area contributed by atoms with Gasteiger partial charge in [0.25, 0.3) is 0 Å². The Hall–Kier alpha value is -1.15. The molecule has 1 aliphatic rings. The molecular formula is C11H12IN3O2. The van der Waals surface area contributed by atoms with Gasteiger partial charge in [-0.3, -0.25) is 14.9 Å². The van der Waals surface area contributed by atoms with Crippen molar-refractivity contribution in [2.24, 2.45) is 0 Å². The van der Waals surface area contributed by atoms with Gasteiger partial charge in [-0.25, -0.2) is 0 Å². The zero-order chi connectivity index (χ0) is 12.3. The van der Waals surface area contributed by atoms with E-state index >= 15 is 0 Å². The fourth-order valence-electron chi connectivity index (χ4n) is 1.53. The van der Waals surface area contributed by atoms with Gasteiger partial charge in [0.15, 0.2) is 0 Å². The fraction of sp³-hybridized carbons (Fsp3) is 0.273. The molecule has 0 spiro atoms. The Morgan fingerprint density at radius 2 is 2.18 bits per heavy atom. The van der Waals surface area contributed by atoms with Crippen LogP contribution in [-0.2, 0) is 9.59 Å². The summed E-state index contributed by atoms with van der Waals surface area (Å²) in [6.45, 7) is 0.512. The lowest BCUT2D eigenvalue weighted by Crippen LogP contribution is -2.56. The summed E-state index contributed by atoms with van der Waals surface area (Å²) in [5.74, 6) is -0.211. The standard InChI is InChI=1S/C11H12IN3O2/c12-7-3-1-2-4-8(7)15-11(17)9-5-14-10(16)6-13-9/h1-4,9,13H,5-6H2,(H,14,16)(H,15,17). The molecule has 1 unspecified atom stereocenters. The van der Waals surface area contributed by atoms with Crippen LogP contribution in [0.5, 0.6) is 0 Å². The summed E-state index contributed by atoms with van der Waals surface area (Å²) >= 11 is 2.16. The van der Waals surface area contributed by atoms with Crippen LogP contribution in [-0.4, -0.2) is 30.9 Å². The Kier molecular flexibility index (Phi) is 3.95. The van der Waals surface area contributed by atoms with Crippen LogP contribution in [0.15, 0.2) is 24.3 Å². The van der Waals surface area contributed by atoms with Crippen LogP contribution in [0.3, 0.4) is 0 Å². The smallest absolute Gasteiger partial charge is 0.243 e. The van der Waals surface area contributed by atoms with Crippen molar-refractivity contribution < 1.29 is 9.59 Å². The molecule has 0 aromatic heterocycles. The molecule has 1 heterocycles. The molecule has 0 radical (unpaired) electrons. The second kappa shape index (κ2) is 5.46. The van der Waals surface area contributed by atoms with Crippen molar-refractivity contribution in [1.82, 2.24) is 10.6 Å². The van der Waals surface area contributed by atoms with Crippen molar-refractivity contribution in [3.05, 3.63) is 27.8 Å². The molecule has 1 saturated heterocycles. The first kappa shape index (κ1) is 12.3. The molecule has 2 rings (SSSR count). The SMILES string of the molecule is O=C1CNC(C(=O)Nc2ccccc2I)CN1. The van der Waals surface area contributed by atoms with E-state index in [1.54, 1.807) is 0 Å². The van der Waals surface area contributed by atoms with Crippen LogP contribution in [0.25, 0.3) is 0 Å². The first-order valence-corrected chi connectivity index (χ1v) is 6.30. The molecule has 1 aromatic rings. The minimum absolute atomic E-state index is 0.0802. The number of hydrogen-bond donors (Lipinski definition) is 3. The van der Waals surface area contributed by atoms with Crippen LogP contribution in [0.1, 0.15) is 0 Å². The van der Waals surface area contributed by atoms with Gasteiger partial charge >= 0.3 is 0 Å². The van der Waals surface area contributed by atoms with Crippen molar-refractivity contribution >= 4 is 40.1 Å². The summed E-state index contributed by atoms with van der Waals surface area (Å²) in [4.78, 5) is 22.8. The highest BCUT2D eigenvalue weighted by Crippen LogP contribution is 2.17. The van der Waals surface area contributed by atoms with Crippen LogP contribution in [0, 0.1) is 3.57 Å². The Balaban J connectivity index is 1.98. The highest BCUT2D eigenvalue weighted by molar-refractivity contribution is 14.1. The molecule has 90 valence electrons. The molecule has 6 heteroatoms. The zero-order valence-corrected chi connectivity index (χ0v) is 11.2. The molecule has 1 aromatic carbocycles. The lowest BCUT2D eigenvalue weighted by atomic mass is 10.2. The molecule has 1 fully saturated rings. The number of benzene rings is 1. The number of halogens is 1. The predicted molar refractivity (Wildman–Crippen MR) is 72.6 cm³/mol. The first-order valence-electron chi connectivity index (χ1n) is 5.22. The number of amides is 2. The first-order chi connectivity index (χ1) is 8.16. The van der Waals surface area contributed by atoms with E-state index in [-0.39, 0.29) is 24.4 Å². The van der Waals surface area contributed by atoms with Crippen molar-refractivity contribution in [2.45, 2.75) is 6.04 Å². The molecular weight excluding hydrogens is 333 g/mol. The van der Waals surface area contributed by atoms with E-state index in [2.05, 4.69) is 38.5 Å². The average molecular weight is 345 g/mol. The number of piperazine rings is 1. The Morgan fingerprint density at radius 1 is 1.41 bits per heavy atom. The van der Waals surface area contributed by atoms with Gasteiger partial charge in [-0.15, -0.1) is 0 Å². The van der Waals surface area contributed by atoms with E-state index in [4.69, 9.17) is 0 Å². The van der Waals surface area contributed by atoms with Gasteiger partial charge in [0.1, 0.15) is 6.04 Å².